The van der Waals surface area contributed by atoms with Gasteiger partial charge in [-0.05, 0) is 11.8 Å². The van der Waals surface area contributed by atoms with Crippen LogP contribution in [-0.4, -0.2) is 11.5 Å². The fourth-order valence-corrected chi connectivity index (χ4v) is 1.92. The van der Waals surface area contributed by atoms with Crippen LogP contribution in [0.1, 0.15) is 31.7 Å². The summed E-state index contributed by atoms with van der Waals surface area (Å²) in [6.45, 7) is 6.11. The minimum Gasteiger partial charge on any atom is -0.310 e. The molecule has 0 saturated heterocycles. The summed E-state index contributed by atoms with van der Waals surface area (Å²) in [4.78, 5) is 4.20. The van der Waals surface area contributed by atoms with Crippen LogP contribution in [0.25, 0.3) is 0 Å². The second-order valence-electron chi connectivity index (χ2n) is 4.35. The molecule has 0 bridgehead atoms. The van der Waals surface area contributed by atoms with E-state index >= 15 is 0 Å². The first-order valence-electron chi connectivity index (χ1n) is 5.10. The third kappa shape index (κ3) is 4.91. The zero-order valence-electron chi connectivity index (χ0n) is 9.29. The molecule has 0 aliphatic rings. The molecule has 0 aromatic carbocycles. The highest BCUT2D eigenvalue weighted by Crippen LogP contribution is 2.20. The number of nitriles is 1. The van der Waals surface area contributed by atoms with Gasteiger partial charge in [-0.3, -0.25) is 0 Å². The maximum Gasteiger partial charge on any atom is 0.106 e. The van der Waals surface area contributed by atoms with Crippen molar-refractivity contribution in [3.63, 3.8) is 0 Å². The van der Waals surface area contributed by atoms with Gasteiger partial charge in [0.15, 0.2) is 0 Å². The molecular formula is C11H17N3S. The van der Waals surface area contributed by atoms with Gasteiger partial charge in [-0.1, -0.05) is 13.8 Å². The predicted molar refractivity (Wildman–Crippen MR) is 62.4 cm³/mol. The van der Waals surface area contributed by atoms with Crippen LogP contribution in [0.3, 0.4) is 0 Å². The van der Waals surface area contributed by atoms with Gasteiger partial charge >= 0.3 is 0 Å². The van der Waals surface area contributed by atoms with E-state index in [1.54, 1.807) is 11.3 Å². The maximum absolute atomic E-state index is 8.53. The van der Waals surface area contributed by atoms with Crippen LogP contribution in [0.5, 0.6) is 0 Å². The fourth-order valence-electron chi connectivity index (χ4n) is 1.33. The topological polar surface area (TPSA) is 48.7 Å². The van der Waals surface area contributed by atoms with Crippen LogP contribution < -0.4 is 5.32 Å². The molecular weight excluding hydrogens is 206 g/mol. The standard InChI is InChI=1S/C11H17N3S/c1-11(2,4-3-5-12)9-13-8-10-14-6-7-15-10/h6-7,13H,3-4,8-9H2,1-2H3. The van der Waals surface area contributed by atoms with Crippen LogP contribution in [0.15, 0.2) is 11.6 Å². The monoisotopic (exact) mass is 223 g/mol. The Labute approximate surface area is 95.2 Å². The van der Waals surface area contributed by atoms with Gasteiger partial charge in [0.1, 0.15) is 5.01 Å². The minimum atomic E-state index is 0.187. The van der Waals surface area contributed by atoms with Crippen molar-refractivity contribution in [3.05, 3.63) is 16.6 Å². The lowest BCUT2D eigenvalue weighted by Gasteiger charge is -2.23. The van der Waals surface area contributed by atoms with Crippen LogP contribution in [0.2, 0.25) is 0 Å². The van der Waals surface area contributed by atoms with Gasteiger partial charge in [0, 0.05) is 31.1 Å². The van der Waals surface area contributed by atoms with E-state index in [4.69, 9.17) is 5.26 Å². The number of nitrogens with one attached hydrogen (secondary N) is 1. The Morgan fingerprint density at radius 2 is 2.40 bits per heavy atom. The van der Waals surface area contributed by atoms with Crippen molar-refractivity contribution in [2.45, 2.75) is 33.2 Å². The first-order valence-corrected chi connectivity index (χ1v) is 5.98. The molecule has 0 spiro atoms. The van der Waals surface area contributed by atoms with E-state index < -0.39 is 0 Å². The van der Waals surface area contributed by atoms with Crippen molar-refractivity contribution >= 4 is 11.3 Å². The van der Waals surface area contributed by atoms with Crippen LogP contribution in [0.4, 0.5) is 0 Å². The molecule has 0 aliphatic heterocycles. The number of aromatic nitrogens is 1. The molecule has 1 N–H and O–H groups in total. The molecule has 1 rings (SSSR count). The molecule has 0 saturated carbocycles. The summed E-state index contributed by atoms with van der Waals surface area (Å²) in [5.41, 5.74) is 0.187. The number of thiazole rings is 1. The zero-order chi connectivity index (χ0) is 11.1. The number of rotatable bonds is 6. The van der Waals surface area contributed by atoms with Gasteiger partial charge in [-0.15, -0.1) is 11.3 Å². The van der Waals surface area contributed by atoms with Crippen molar-refractivity contribution < 1.29 is 0 Å². The van der Waals surface area contributed by atoms with Gasteiger partial charge in [-0.2, -0.15) is 5.26 Å². The van der Waals surface area contributed by atoms with Gasteiger partial charge < -0.3 is 5.32 Å². The van der Waals surface area contributed by atoms with E-state index in [0.29, 0.717) is 6.42 Å². The lowest BCUT2D eigenvalue weighted by molar-refractivity contribution is 0.317. The Kier molecular flexibility index (Phi) is 4.73. The third-order valence-corrected chi connectivity index (χ3v) is 3.06. The van der Waals surface area contributed by atoms with Gasteiger partial charge in [0.05, 0.1) is 6.07 Å². The molecule has 3 nitrogen and oxygen atoms in total. The SMILES string of the molecule is CC(C)(CCC#N)CNCc1nccs1. The van der Waals surface area contributed by atoms with Crippen LogP contribution in [0, 0.1) is 16.7 Å². The highest BCUT2D eigenvalue weighted by atomic mass is 32.1. The summed E-state index contributed by atoms with van der Waals surface area (Å²) < 4.78 is 0. The smallest absolute Gasteiger partial charge is 0.106 e. The molecule has 1 aromatic rings. The first-order chi connectivity index (χ1) is 7.14. The highest BCUT2D eigenvalue weighted by molar-refractivity contribution is 7.09. The molecule has 1 aromatic heterocycles. The highest BCUT2D eigenvalue weighted by Gasteiger charge is 2.16. The molecule has 0 amide bonds. The van der Waals surface area contributed by atoms with Crippen LogP contribution in [-0.2, 0) is 6.54 Å². The lowest BCUT2D eigenvalue weighted by Crippen LogP contribution is -2.28. The summed E-state index contributed by atoms with van der Waals surface area (Å²) >= 11 is 1.67. The molecule has 82 valence electrons. The molecule has 4 heteroatoms. The quantitative estimate of drug-likeness (QED) is 0.806. The lowest BCUT2D eigenvalue weighted by atomic mass is 9.88. The molecule has 0 aliphatic carbocycles. The predicted octanol–water partition coefficient (Wildman–Crippen LogP) is 2.56. The summed E-state index contributed by atoms with van der Waals surface area (Å²) in [6, 6.07) is 2.19. The third-order valence-electron chi connectivity index (χ3n) is 2.28. The van der Waals surface area contributed by atoms with Crippen molar-refractivity contribution in [2.24, 2.45) is 5.41 Å². The van der Waals surface area contributed by atoms with Gasteiger partial charge in [0.25, 0.3) is 0 Å². The van der Waals surface area contributed by atoms with E-state index in [9.17, 15) is 0 Å². The van der Waals surface area contributed by atoms with E-state index in [0.717, 1.165) is 24.5 Å². The summed E-state index contributed by atoms with van der Waals surface area (Å²) in [7, 11) is 0. The average molecular weight is 223 g/mol. The fraction of sp³-hybridized carbons (Fsp3) is 0.636. The van der Waals surface area contributed by atoms with E-state index in [-0.39, 0.29) is 5.41 Å². The van der Waals surface area contributed by atoms with Crippen LogP contribution >= 0.6 is 11.3 Å². The molecule has 0 fully saturated rings. The number of hydrogen-bond acceptors (Lipinski definition) is 4. The number of nitrogens with zero attached hydrogens (tertiary/aromatic N) is 2. The second kappa shape index (κ2) is 5.84. The van der Waals surface area contributed by atoms with E-state index in [1.165, 1.54) is 0 Å². The largest absolute Gasteiger partial charge is 0.310 e. The Balaban J connectivity index is 2.21. The molecule has 0 atom stereocenters. The van der Waals surface area contributed by atoms with Gasteiger partial charge in [0.2, 0.25) is 0 Å². The Bertz CT molecular complexity index is 311. The average Bonchev–Trinajstić information content (AvgIpc) is 2.67. The van der Waals surface area contributed by atoms with E-state index in [2.05, 4.69) is 30.2 Å². The summed E-state index contributed by atoms with van der Waals surface area (Å²) in [5, 5.41) is 15.0. The first kappa shape index (κ1) is 12.2. The second-order valence-corrected chi connectivity index (χ2v) is 5.33. The Hall–Kier alpha value is -0.920. The van der Waals surface area contributed by atoms with Crippen molar-refractivity contribution in [3.8, 4) is 6.07 Å². The molecule has 0 unspecified atom stereocenters. The normalized spacial score (nSPS) is 11.3. The van der Waals surface area contributed by atoms with Crippen molar-refractivity contribution in [2.75, 3.05) is 6.54 Å². The minimum absolute atomic E-state index is 0.187. The molecule has 15 heavy (non-hydrogen) atoms. The Morgan fingerprint density at radius 3 is 3.00 bits per heavy atom. The zero-order valence-corrected chi connectivity index (χ0v) is 10.1. The number of hydrogen-bond donors (Lipinski definition) is 1. The van der Waals surface area contributed by atoms with Crippen molar-refractivity contribution in [1.82, 2.24) is 10.3 Å². The maximum atomic E-state index is 8.53. The van der Waals surface area contributed by atoms with Gasteiger partial charge in [-0.25, -0.2) is 4.98 Å². The van der Waals surface area contributed by atoms with Crippen molar-refractivity contribution in [1.29, 1.82) is 5.26 Å². The summed E-state index contributed by atoms with van der Waals surface area (Å²) in [6.07, 6.45) is 3.39. The van der Waals surface area contributed by atoms with E-state index in [1.807, 2.05) is 11.6 Å². The molecule has 1 heterocycles. The molecule has 0 radical (unpaired) electrons. The Morgan fingerprint density at radius 1 is 1.60 bits per heavy atom. The summed E-state index contributed by atoms with van der Waals surface area (Å²) in [5.74, 6) is 0.